The summed E-state index contributed by atoms with van der Waals surface area (Å²) in [5.74, 6) is 0. The van der Waals surface area contributed by atoms with Crippen LogP contribution in [-0.2, 0) is 19.5 Å². The Balaban J connectivity index is 0.000001000. The number of benzene rings is 2. The van der Waals surface area contributed by atoms with Gasteiger partial charge in [0, 0.05) is 0 Å². The van der Waals surface area contributed by atoms with Crippen LogP contribution in [-0.4, -0.2) is 4.98 Å². The minimum atomic E-state index is 0. The summed E-state index contributed by atoms with van der Waals surface area (Å²) < 4.78 is 0. The fraction of sp³-hybridized carbons (Fsp3) is 0. The third kappa shape index (κ3) is 3.85. The molecule has 0 aliphatic heterocycles. The van der Waals surface area contributed by atoms with Crippen molar-refractivity contribution in [3.63, 3.8) is 0 Å². The number of pyridine rings is 1. The number of halogens is 1. The summed E-state index contributed by atoms with van der Waals surface area (Å²) in [4.78, 5) is 3.91. The molecule has 0 fully saturated rings. The van der Waals surface area contributed by atoms with Gasteiger partial charge in [-0.05, 0) is 11.1 Å². The molecule has 1 aromatic heterocycles. The quantitative estimate of drug-likeness (QED) is 0.485. The van der Waals surface area contributed by atoms with Crippen molar-refractivity contribution in [2.75, 3.05) is 0 Å². The third-order valence-electron chi connectivity index (χ3n) is 2.95. The first kappa shape index (κ1) is 16.7. The largest absolute Gasteiger partial charge is 2.00 e. The van der Waals surface area contributed by atoms with Crippen molar-refractivity contribution < 1.29 is 36.5 Å². The molecule has 0 radical (unpaired) electrons. The van der Waals surface area contributed by atoms with Gasteiger partial charge in [-0.15, -0.1) is 11.6 Å². The molecule has 0 aliphatic rings. The predicted molar refractivity (Wildman–Crippen MR) is 73.9 cm³/mol. The van der Waals surface area contributed by atoms with Crippen LogP contribution in [0.1, 0.15) is 0 Å². The smallest absolute Gasteiger partial charge is 1.00 e. The molecule has 0 unspecified atom stereocenters. The van der Waals surface area contributed by atoms with Gasteiger partial charge in [0.25, 0.3) is 0 Å². The van der Waals surface area contributed by atoms with E-state index in [0.29, 0.717) is 0 Å². The van der Waals surface area contributed by atoms with E-state index >= 15 is 0 Å². The molecule has 94 valence electrons. The molecule has 1 heterocycles. The molecule has 1 nitrogen and oxygen atoms in total. The second-order valence-corrected chi connectivity index (χ2v) is 4.12. The van der Waals surface area contributed by atoms with E-state index in [1.807, 2.05) is 18.2 Å². The first-order chi connectivity index (χ1) is 8.93. The number of rotatable bonds is 2. The van der Waals surface area contributed by atoms with Crippen LogP contribution in [0.15, 0.2) is 72.9 Å². The summed E-state index contributed by atoms with van der Waals surface area (Å²) in [6.45, 7) is 0. The Hall–Kier alpha value is -1.31. The molecule has 0 N–H and O–H groups in total. The standard InChI is InChI=1S/C17H12N.BrH.Zn/c1-2-4-14(5-3-1)15-6-8-16(9-7-15)17-10-12-18-13-11-17;;/h1-12H;1H;/q-1;;+2/p-1. The van der Waals surface area contributed by atoms with Crippen molar-refractivity contribution >= 4 is 0 Å². The zero-order valence-corrected chi connectivity index (χ0v) is 15.5. The van der Waals surface area contributed by atoms with Crippen molar-refractivity contribution in [1.29, 1.82) is 0 Å². The summed E-state index contributed by atoms with van der Waals surface area (Å²) in [6, 6.07) is 22.8. The molecule has 0 aliphatic carbocycles. The van der Waals surface area contributed by atoms with Gasteiger partial charge >= 0.3 is 19.5 Å². The second kappa shape index (κ2) is 8.09. The summed E-state index contributed by atoms with van der Waals surface area (Å²) in [5.41, 5.74) is 4.81. The van der Waals surface area contributed by atoms with Gasteiger partial charge in [0.2, 0.25) is 0 Å². The maximum absolute atomic E-state index is 3.91. The molecular weight excluding hydrogens is 363 g/mol. The fourth-order valence-electron chi connectivity index (χ4n) is 1.98. The number of nitrogens with zero attached hydrogens (tertiary/aromatic N) is 1. The van der Waals surface area contributed by atoms with Gasteiger partial charge in [-0.1, -0.05) is 72.6 Å². The maximum atomic E-state index is 3.91. The van der Waals surface area contributed by atoms with Gasteiger partial charge in [0.05, 0.1) is 0 Å². The van der Waals surface area contributed by atoms with E-state index in [1.54, 1.807) is 6.20 Å². The van der Waals surface area contributed by atoms with Crippen LogP contribution in [0.2, 0.25) is 0 Å². The molecule has 20 heavy (non-hydrogen) atoms. The van der Waals surface area contributed by atoms with E-state index in [1.165, 1.54) is 16.7 Å². The van der Waals surface area contributed by atoms with Crippen molar-refractivity contribution in [2.24, 2.45) is 0 Å². The van der Waals surface area contributed by atoms with Crippen LogP contribution in [0.5, 0.6) is 0 Å². The van der Waals surface area contributed by atoms with Crippen molar-refractivity contribution in [3.05, 3.63) is 79.1 Å². The number of aromatic nitrogens is 1. The van der Waals surface area contributed by atoms with E-state index in [-0.39, 0.29) is 36.5 Å². The zero-order valence-electron chi connectivity index (χ0n) is 11.0. The predicted octanol–water partition coefficient (Wildman–Crippen LogP) is 1.22. The van der Waals surface area contributed by atoms with Gasteiger partial charge in [-0.2, -0.15) is 6.07 Å². The Morgan fingerprint density at radius 3 is 1.75 bits per heavy atom. The summed E-state index contributed by atoms with van der Waals surface area (Å²) in [6.07, 6.45) is 4.62. The first-order valence-electron chi connectivity index (χ1n) is 5.91. The summed E-state index contributed by atoms with van der Waals surface area (Å²) in [5, 5.41) is 0. The third-order valence-corrected chi connectivity index (χ3v) is 2.95. The van der Waals surface area contributed by atoms with Crippen LogP contribution in [0.4, 0.5) is 0 Å². The number of hydrogen-bond donors (Lipinski definition) is 0. The Kier molecular flexibility index (Phi) is 6.77. The Morgan fingerprint density at radius 1 is 0.650 bits per heavy atom. The first-order valence-corrected chi connectivity index (χ1v) is 5.91. The van der Waals surface area contributed by atoms with Gasteiger partial charge in [-0.25, -0.2) is 0 Å². The molecule has 3 heteroatoms. The van der Waals surface area contributed by atoms with Crippen LogP contribution in [0.3, 0.4) is 0 Å². The molecular formula is C17H12BrNZn. The van der Waals surface area contributed by atoms with Gasteiger partial charge in [0.15, 0.2) is 0 Å². The maximum Gasteiger partial charge on any atom is 2.00 e. The van der Waals surface area contributed by atoms with Gasteiger partial charge in [-0.3, -0.25) is 0 Å². The van der Waals surface area contributed by atoms with E-state index in [0.717, 1.165) is 5.56 Å². The average molecular weight is 376 g/mol. The molecule has 3 rings (SSSR count). The van der Waals surface area contributed by atoms with Crippen molar-refractivity contribution in [2.45, 2.75) is 0 Å². The van der Waals surface area contributed by atoms with E-state index in [4.69, 9.17) is 0 Å². The van der Waals surface area contributed by atoms with Gasteiger partial charge in [0.1, 0.15) is 0 Å². The molecule has 0 spiro atoms. The Morgan fingerprint density at radius 2 is 1.20 bits per heavy atom. The molecule has 0 saturated carbocycles. The minimum Gasteiger partial charge on any atom is -1.00 e. The molecule has 0 amide bonds. The zero-order chi connectivity index (χ0) is 12.2. The van der Waals surface area contributed by atoms with Crippen LogP contribution in [0, 0.1) is 6.20 Å². The summed E-state index contributed by atoms with van der Waals surface area (Å²) in [7, 11) is 0. The Labute approximate surface area is 142 Å². The summed E-state index contributed by atoms with van der Waals surface area (Å²) >= 11 is 0. The van der Waals surface area contributed by atoms with Crippen LogP contribution in [0.25, 0.3) is 22.3 Å². The van der Waals surface area contributed by atoms with E-state index in [2.05, 4.69) is 59.7 Å². The SMILES string of the molecule is [Br-].[Zn+2].[c-]1cc(-c2ccc(-c3ccccc3)cc2)ccn1. The molecule has 0 saturated heterocycles. The molecule has 0 bridgehead atoms. The van der Waals surface area contributed by atoms with Gasteiger partial charge < -0.3 is 22.0 Å². The molecule has 0 atom stereocenters. The van der Waals surface area contributed by atoms with Crippen LogP contribution >= 0.6 is 0 Å². The topological polar surface area (TPSA) is 12.9 Å². The van der Waals surface area contributed by atoms with Crippen molar-refractivity contribution in [1.82, 2.24) is 4.98 Å². The normalized spacial score (nSPS) is 9.20. The monoisotopic (exact) mass is 373 g/mol. The fourth-order valence-corrected chi connectivity index (χ4v) is 1.98. The van der Waals surface area contributed by atoms with Crippen LogP contribution < -0.4 is 17.0 Å². The van der Waals surface area contributed by atoms with E-state index < -0.39 is 0 Å². The van der Waals surface area contributed by atoms with Crippen molar-refractivity contribution in [3.8, 4) is 22.3 Å². The molecule has 2 aromatic carbocycles. The minimum absolute atomic E-state index is 0. The molecule has 3 aromatic rings. The average Bonchev–Trinajstić information content (AvgIpc) is 2.49. The van der Waals surface area contributed by atoms with E-state index in [9.17, 15) is 0 Å². The number of hydrogen-bond acceptors (Lipinski definition) is 1. The Bertz CT molecular complexity index is 566. The second-order valence-electron chi connectivity index (χ2n) is 4.12.